The number of hydrogen-bond donors (Lipinski definition) is 0. The number of fused-ring (bicyclic) bond motifs is 8. The highest BCUT2D eigenvalue weighted by molar-refractivity contribution is 6.31. The molecule has 2 heterocycles. The lowest BCUT2D eigenvalue weighted by Gasteiger charge is -2.28. The van der Waals surface area contributed by atoms with Crippen LogP contribution in [0.2, 0.25) is 0 Å². The largest absolute Gasteiger partial charge is 0.454 e. The summed E-state index contributed by atoms with van der Waals surface area (Å²) in [5, 5.41) is 7.84. The van der Waals surface area contributed by atoms with Crippen molar-refractivity contribution in [1.29, 1.82) is 0 Å². The summed E-state index contributed by atoms with van der Waals surface area (Å²) in [5.74, 6) is 0. The van der Waals surface area contributed by atoms with Gasteiger partial charge in [0.2, 0.25) is 0 Å². The van der Waals surface area contributed by atoms with E-state index in [-0.39, 0.29) is 0 Å². The van der Waals surface area contributed by atoms with E-state index in [1.165, 1.54) is 10.9 Å². The summed E-state index contributed by atoms with van der Waals surface area (Å²) < 4.78 is 6.98. The summed E-state index contributed by atoms with van der Waals surface area (Å²) >= 11 is 0. The van der Waals surface area contributed by atoms with Crippen LogP contribution in [-0.2, 0) is 0 Å². The number of anilines is 3. The second kappa shape index (κ2) is 11.5. The molecular formula is C47H30N2O. The third-order valence-corrected chi connectivity index (χ3v) is 9.80. The monoisotopic (exact) mass is 638 g/mol. The molecule has 0 amide bonds. The molecule has 0 N–H and O–H groups in total. The molecule has 0 aliphatic heterocycles. The van der Waals surface area contributed by atoms with Crippen LogP contribution in [0.1, 0.15) is 0 Å². The summed E-state index contributed by atoms with van der Waals surface area (Å²) in [6.07, 6.45) is 0. The van der Waals surface area contributed by atoms with Crippen molar-refractivity contribution >= 4 is 71.4 Å². The van der Waals surface area contributed by atoms with Crippen molar-refractivity contribution in [2.45, 2.75) is 0 Å². The summed E-state index contributed by atoms with van der Waals surface area (Å²) in [5.41, 5.74) is 10.1. The molecule has 10 aromatic rings. The molecule has 8 aromatic carbocycles. The van der Waals surface area contributed by atoms with Crippen molar-refractivity contribution < 1.29 is 4.42 Å². The Labute approximate surface area is 289 Å². The molecule has 0 saturated carbocycles. The van der Waals surface area contributed by atoms with Gasteiger partial charge in [0.15, 0.2) is 5.58 Å². The van der Waals surface area contributed by atoms with Crippen LogP contribution in [-0.4, -0.2) is 4.98 Å². The SMILES string of the molecule is c1ccc(-c2cccc(N(c3cccc4ccccc34)c3cc4c(-c5ccccc5)nc5ccccc5c4c4c3oc3ccccc34)c2)cc1. The van der Waals surface area contributed by atoms with Gasteiger partial charge in [0.1, 0.15) is 5.58 Å². The molecule has 3 nitrogen and oxygen atoms in total. The fourth-order valence-corrected chi connectivity index (χ4v) is 7.56. The molecule has 10 rings (SSSR count). The second-order valence-corrected chi connectivity index (χ2v) is 12.7. The Hall–Kier alpha value is -6.71. The molecule has 0 aliphatic carbocycles. The smallest absolute Gasteiger partial charge is 0.160 e. The lowest BCUT2D eigenvalue weighted by atomic mass is 9.94. The van der Waals surface area contributed by atoms with E-state index in [4.69, 9.17) is 9.40 Å². The van der Waals surface area contributed by atoms with Gasteiger partial charge in [-0.15, -0.1) is 0 Å². The fourth-order valence-electron chi connectivity index (χ4n) is 7.56. The second-order valence-electron chi connectivity index (χ2n) is 12.7. The fraction of sp³-hybridized carbons (Fsp3) is 0. The van der Waals surface area contributed by atoms with E-state index >= 15 is 0 Å². The molecule has 50 heavy (non-hydrogen) atoms. The van der Waals surface area contributed by atoms with Gasteiger partial charge in [0.05, 0.1) is 22.6 Å². The van der Waals surface area contributed by atoms with Crippen LogP contribution in [0, 0.1) is 0 Å². The highest BCUT2D eigenvalue weighted by Crippen LogP contribution is 2.49. The van der Waals surface area contributed by atoms with Crippen LogP contribution in [0.4, 0.5) is 17.1 Å². The molecule has 0 bridgehead atoms. The molecule has 3 heteroatoms. The Bertz CT molecular complexity index is 2870. The number of aromatic nitrogens is 1. The van der Waals surface area contributed by atoms with Crippen LogP contribution in [0.15, 0.2) is 186 Å². The predicted octanol–water partition coefficient (Wildman–Crippen LogP) is 13.2. The van der Waals surface area contributed by atoms with Crippen LogP contribution >= 0.6 is 0 Å². The zero-order valence-corrected chi connectivity index (χ0v) is 27.1. The van der Waals surface area contributed by atoms with E-state index in [1.807, 2.05) is 6.07 Å². The molecule has 0 radical (unpaired) electrons. The number of para-hydroxylation sites is 2. The maximum Gasteiger partial charge on any atom is 0.160 e. The molecule has 0 saturated heterocycles. The van der Waals surface area contributed by atoms with Gasteiger partial charge in [-0.25, -0.2) is 4.98 Å². The van der Waals surface area contributed by atoms with Gasteiger partial charge in [-0.3, -0.25) is 0 Å². The molecule has 2 aromatic heterocycles. The molecule has 234 valence electrons. The zero-order valence-electron chi connectivity index (χ0n) is 27.1. The Morgan fingerprint density at radius 1 is 0.420 bits per heavy atom. The first-order chi connectivity index (χ1) is 24.8. The van der Waals surface area contributed by atoms with Gasteiger partial charge in [-0.05, 0) is 52.9 Å². The Morgan fingerprint density at radius 3 is 1.90 bits per heavy atom. The number of rotatable bonds is 5. The predicted molar refractivity (Wildman–Crippen MR) is 210 cm³/mol. The Morgan fingerprint density at radius 2 is 1.06 bits per heavy atom. The lowest BCUT2D eigenvalue weighted by Crippen LogP contribution is -2.11. The highest BCUT2D eigenvalue weighted by atomic mass is 16.3. The van der Waals surface area contributed by atoms with E-state index in [0.29, 0.717) is 0 Å². The maximum absolute atomic E-state index is 6.98. The average molecular weight is 639 g/mol. The van der Waals surface area contributed by atoms with Crippen LogP contribution in [0.3, 0.4) is 0 Å². The number of nitrogens with zero attached hydrogens (tertiary/aromatic N) is 2. The van der Waals surface area contributed by atoms with Crippen LogP contribution in [0.25, 0.3) is 76.8 Å². The van der Waals surface area contributed by atoms with Gasteiger partial charge in [0.25, 0.3) is 0 Å². The van der Waals surface area contributed by atoms with Crippen molar-refractivity contribution in [2.24, 2.45) is 0 Å². The molecule has 0 atom stereocenters. The molecular weight excluding hydrogens is 609 g/mol. The van der Waals surface area contributed by atoms with Crippen molar-refractivity contribution in [2.75, 3.05) is 4.90 Å². The zero-order chi connectivity index (χ0) is 33.0. The summed E-state index contributed by atoms with van der Waals surface area (Å²) in [7, 11) is 0. The Kier molecular flexibility index (Phi) is 6.49. The minimum Gasteiger partial charge on any atom is -0.454 e. The third-order valence-electron chi connectivity index (χ3n) is 9.80. The van der Waals surface area contributed by atoms with Crippen molar-refractivity contribution in [3.63, 3.8) is 0 Å². The van der Waals surface area contributed by atoms with Gasteiger partial charge in [-0.1, -0.05) is 146 Å². The highest BCUT2D eigenvalue weighted by Gasteiger charge is 2.26. The topological polar surface area (TPSA) is 29.3 Å². The van der Waals surface area contributed by atoms with Crippen molar-refractivity contribution in [3.05, 3.63) is 182 Å². The summed E-state index contributed by atoms with van der Waals surface area (Å²) in [4.78, 5) is 7.72. The minimum absolute atomic E-state index is 0.840. The van der Waals surface area contributed by atoms with Gasteiger partial charge in [-0.2, -0.15) is 0 Å². The normalized spacial score (nSPS) is 11.6. The van der Waals surface area contributed by atoms with E-state index in [1.54, 1.807) is 0 Å². The summed E-state index contributed by atoms with van der Waals surface area (Å²) in [6, 6.07) is 64.2. The summed E-state index contributed by atoms with van der Waals surface area (Å²) in [6.45, 7) is 0. The first kappa shape index (κ1) is 28.3. The van der Waals surface area contributed by atoms with Gasteiger partial charge in [0, 0.05) is 43.6 Å². The quantitative estimate of drug-likeness (QED) is 0.176. The van der Waals surface area contributed by atoms with Gasteiger partial charge < -0.3 is 9.32 Å². The van der Waals surface area contributed by atoms with Crippen molar-refractivity contribution in [3.8, 4) is 22.4 Å². The third kappa shape index (κ3) is 4.48. The number of pyridine rings is 1. The lowest BCUT2D eigenvalue weighted by molar-refractivity contribution is 0.669. The minimum atomic E-state index is 0.840. The number of benzene rings is 8. The first-order valence-electron chi connectivity index (χ1n) is 17.0. The van der Waals surface area contributed by atoms with E-state index in [9.17, 15) is 0 Å². The molecule has 0 spiro atoms. The van der Waals surface area contributed by atoms with Crippen molar-refractivity contribution in [1.82, 2.24) is 4.98 Å². The van der Waals surface area contributed by atoms with E-state index in [0.717, 1.165) is 82.9 Å². The Balaban J connectivity index is 1.39. The van der Waals surface area contributed by atoms with E-state index < -0.39 is 0 Å². The molecule has 0 fully saturated rings. The maximum atomic E-state index is 6.98. The van der Waals surface area contributed by atoms with Crippen LogP contribution in [0.5, 0.6) is 0 Å². The van der Waals surface area contributed by atoms with Gasteiger partial charge >= 0.3 is 0 Å². The van der Waals surface area contributed by atoms with E-state index in [2.05, 4.69) is 181 Å². The van der Waals surface area contributed by atoms with Crippen LogP contribution < -0.4 is 4.90 Å². The molecule has 0 unspecified atom stereocenters. The first-order valence-corrected chi connectivity index (χ1v) is 17.0. The average Bonchev–Trinajstić information content (AvgIpc) is 3.58. The number of furan rings is 1. The standard InChI is InChI=1S/C47H30N2O/c1-3-15-31(16-4-1)34-21-13-22-35(29-34)49(41-27-14-20-32-17-7-8-23-36(32)41)42-30-39-44(45-38-25-10-12-28-43(38)50-47(42)45)37-24-9-11-26-40(37)48-46(39)33-18-5-2-6-19-33/h1-30H. The number of hydrogen-bond acceptors (Lipinski definition) is 3. The molecule has 0 aliphatic rings.